The summed E-state index contributed by atoms with van der Waals surface area (Å²) in [5.74, 6) is -0.0781. The monoisotopic (exact) mass is 286 g/mol. The molecule has 2 aromatic heterocycles. The maximum atomic E-state index is 12.8. The maximum absolute atomic E-state index is 12.8. The highest BCUT2D eigenvalue weighted by Crippen LogP contribution is 2.31. The Bertz CT molecular complexity index is 617. The van der Waals surface area contributed by atoms with Crippen molar-refractivity contribution in [2.24, 2.45) is 0 Å². The molecule has 0 unspecified atom stereocenters. The summed E-state index contributed by atoms with van der Waals surface area (Å²) in [6.45, 7) is 0.694. The summed E-state index contributed by atoms with van der Waals surface area (Å²) in [4.78, 5) is 22.0. The van der Waals surface area contributed by atoms with Crippen molar-refractivity contribution in [1.82, 2.24) is 14.9 Å². The van der Waals surface area contributed by atoms with E-state index in [-0.39, 0.29) is 12.1 Å². The Morgan fingerprint density at radius 3 is 2.81 bits per heavy atom. The zero-order chi connectivity index (χ0) is 14.7. The third-order valence-electron chi connectivity index (χ3n) is 3.57. The number of aromatic nitrogens is 2. The Hall–Kier alpha value is -2.50. The lowest BCUT2D eigenvalue weighted by atomic mass is 10.1. The molecule has 5 nitrogen and oxygen atoms in total. The van der Waals surface area contributed by atoms with Crippen molar-refractivity contribution in [2.75, 3.05) is 11.9 Å². The zero-order valence-electron chi connectivity index (χ0n) is 11.4. The number of likely N-dealkylation sites (tertiary alicyclic amines) is 1. The number of carbonyl (C=O) groups is 1. The Kier molecular flexibility index (Phi) is 3.77. The Balaban J connectivity index is 1.73. The van der Waals surface area contributed by atoms with Gasteiger partial charge in [0.2, 0.25) is 0 Å². The second-order valence-corrected chi connectivity index (χ2v) is 4.92. The van der Waals surface area contributed by atoms with Crippen molar-refractivity contribution < 1.29 is 9.18 Å². The smallest absolute Gasteiger partial charge is 0.317 e. The van der Waals surface area contributed by atoms with Gasteiger partial charge in [-0.15, -0.1) is 0 Å². The third-order valence-corrected chi connectivity index (χ3v) is 3.57. The lowest BCUT2D eigenvalue weighted by molar-refractivity contribution is 0.207. The van der Waals surface area contributed by atoms with Crippen molar-refractivity contribution in [3.63, 3.8) is 0 Å². The number of hydrogen-bond acceptors (Lipinski definition) is 3. The Morgan fingerprint density at radius 2 is 2.10 bits per heavy atom. The van der Waals surface area contributed by atoms with E-state index in [1.54, 1.807) is 17.3 Å². The second kappa shape index (κ2) is 5.87. The maximum Gasteiger partial charge on any atom is 0.323 e. The fraction of sp³-hybridized carbons (Fsp3) is 0.267. The normalized spacial score (nSPS) is 17.8. The molecule has 21 heavy (non-hydrogen) atoms. The van der Waals surface area contributed by atoms with E-state index in [2.05, 4.69) is 15.3 Å². The van der Waals surface area contributed by atoms with Crippen LogP contribution in [0.5, 0.6) is 0 Å². The minimum Gasteiger partial charge on any atom is -0.317 e. The fourth-order valence-electron chi connectivity index (χ4n) is 2.57. The van der Waals surface area contributed by atoms with Crippen LogP contribution in [0, 0.1) is 5.82 Å². The number of urea groups is 1. The lowest BCUT2D eigenvalue weighted by Crippen LogP contribution is -2.34. The van der Waals surface area contributed by atoms with E-state index in [9.17, 15) is 9.18 Å². The average molecular weight is 286 g/mol. The van der Waals surface area contributed by atoms with E-state index in [0.29, 0.717) is 12.4 Å². The SMILES string of the molecule is O=C(Nc1ccc(F)cn1)N1CCC[C@H]1c1ccncc1. The van der Waals surface area contributed by atoms with Gasteiger partial charge in [0.15, 0.2) is 0 Å². The molecule has 3 rings (SSSR count). The van der Waals surface area contributed by atoms with E-state index in [4.69, 9.17) is 0 Å². The van der Waals surface area contributed by atoms with Crippen LogP contribution in [0.1, 0.15) is 24.4 Å². The molecule has 1 fully saturated rings. The molecule has 0 aliphatic carbocycles. The number of nitrogens with one attached hydrogen (secondary N) is 1. The van der Waals surface area contributed by atoms with Crippen LogP contribution in [0.4, 0.5) is 15.0 Å². The topological polar surface area (TPSA) is 58.1 Å². The highest BCUT2D eigenvalue weighted by atomic mass is 19.1. The van der Waals surface area contributed by atoms with Gasteiger partial charge in [0, 0.05) is 18.9 Å². The molecule has 1 aliphatic heterocycles. The van der Waals surface area contributed by atoms with Crippen molar-refractivity contribution in [2.45, 2.75) is 18.9 Å². The van der Waals surface area contributed by atoms with Gasteiger partial charge in [-0.3, -0.25) is 10.3 Å². The Morgan fingerprint density at radius 1 is 1.29 bits per heavy atom. The first-order valence-corrected chi connectivity index (χ1v) is 6.83. The zero-order valence-corrected chi connectivity index (χ0v) is 11.4. The number of halogens is 1. The first kappa shape index (κ1) is 13.5. The van der Waals surface area contributed by atoms with Gasteiger partial charge in [-0.1, -0.05) is 0 Å². The van der Waals surface area contributed by atoms with E-state index in [1.807, 2.05) is 12.1 Å². The number of hydrogen-bond donors (Lipinski definition) is 1. The molecule has 6 heteroatoms. The molecule has 108 valence electrons. The van der Waals surface area contributed by atoms with Gasteiger partial charge in [-0.05, 0) is 42.7 Å². The molecular formula is C15H15FN4O. The van der Waals surface area contributed by atoms with Crippen LogP contribution in [0.25, 0.3) is 0 Å². The molecule has 2 aromatic rings. The number of rotatable bonds is 2. The van der Waals surface area contributed by atoms with Crippen LogP contribution < -0.4 is 5.32 Å². The molecular weight excluding hydrogens is 271 g/mol. The van der Waals surface area contributed by atoms with Crippen LogP contribution in [0.15, 0.2) is 42.9 Å². The predicted octanol–water partition coefficient (Wildman–Crippen LogP) is 2.98. The summed E-state index contributed by atoms with van der Waals surface area (Å²) in [7, 11) is 0. The summed E-state index contributed by atoms with van der Waals surface area (Å²) in [6.07, 6.45) is 6.42. The van der Waals surface area contributed by atoms with E-state index >= 15 is 0 Å². The molecule has 1 aliphatic rings. The van der Waals surface area contributed by atoms with E-state index < -0.39 is 5.82 Å². The van der Waals surface area contributed by atoms with Gasteiger partial charge >= 0.3 is 6.03 Å². The Labute approximate surface area is 121 Å². The minimum atomic E-state index is -0.427. The van der Waals surface area contributed by atoms with Crippen LogP contribution in [0.3, 0.4) is 0 Å². The van der Waals surface area contributed by atoms with Crippen molar-refractivity contribution in [3.8, 4) is 0 Å². The standard InChI is InChI=1S/C15H15FN4O/c16-12-3-4-14(18-10-12)19-15(21)20-9-1-2-13(20)11-5-7-17-8-6-11/h3-8,10,13H,1-2,9H2,(H,18,19,21)/t13-/m0/s1. The molecule has 1 atom stereocenters. The van der Waals surface area contributed by atoms with Gasteiger partial charge in [0.1, 0.15) is 11.6 Å². The van der Waals surface area contributed by atoms with Crippen LogP contribution in [-0.2, 0) is 0 Å². The summed E-state index contributed by atoms with van der Waals surface area (Å²) in [5.41, 5.74) is 1.07. The highest BCUT2D eigenvalue weighted by Gasteiger charge is 2.30. The predicted molar refractivity (Wildman–Crippen MR) is 76.1 cm³/mol. The quantitative estimate of drug-likeness (QED) is 0.923. The van der Waals surface area contributed by atoms with Gasteiger partial charge in [0.05, 0.1) is 12.2 Å². The molecule has 1 N–H and O–H groups in total. The number of anilines is 1. The van der Waals surface area contributed by atoms with E-state index in [1.165, 1.54) is 12.1 Å². The number of carbonyl (C=O) groups excluding carboxylic acids is 1. The second-order valence-electron chi connectivity index (χ2n) is 4.92. The summed E-state index contributed by atoms with van der Waals surface area (Å²) in [6, 6.07) is 6.40. The molecule has 0 bridgehead atoms. The first-order chi connectivity index (χ1) is 10.2. The molecule has 2 amide bonds. The average Bonchev–Trinajstić information content (AvgIpc) is 3.00. The molecule has 1 saturated heterocycles. The van der Waals surface area contributed by atoms with Gasteiger partial charge in [-0.25, -0.2) is 14.2 Å². The summed E-state index contributed by atoms with van der Waals surface area (Å²) >= 11 is 0. The van der Waals surface area contributed by atoms with Gasteiger partial charge < -0.3 is 4.90 Å². The number of amides is 2. The number of pyridine rings is 2. The first-order valence-electron chi connectivity index (χ1n) is 6.83. The fourth-order valence-corrected chi connectivity index (χ4v) is 2.57. The van der Waals surface area contributed by atoms with Gasteiger partial charge in [0.25, 0.3) is 0 Å². The molecule has 3 heterocycles. The molecule has 0 spiro atoms. The van der Waals surface area contributed by atoms with Crippen molar-refractivity contribution >= 4 is 11.8 Å². The molecule has 0 radical (unpaired) electrons. The lowest BCUT2D eigenvalue weighted by Gasteiger charge is -2.25. The minimum absolute atomic E-state index is 0.0495. The van der Waals surface area contributed by atoms with Crippen LogP contribution in [-0.4, -0.2) is 27.4 Å². The highest BCUT2D eigenvalue weighted by molar-refractivity contribution is 5.88. The third kappa shape index (κ3) is 2.99. The summed E-state index contributed by atoms with van der Waals surface area (Å²) < 4.78 is 12.8. The largest absolute Gasteiger partial charge is 0.323 e. The van der Waals surface area contributed by atoms with Crippen LogP contribution in [0.2, 0.25) is 0 Å². The molecule has 0 saturated carbocycles. The van der Waals surface area contributed by atoms with Crippen molar-refractivity contribution in [1.29, 1.82) is 0 Å². The molecule has 0 aromatic carbocycles. The summed E-state index contributed by atoms with van der Waals surface area (Å²) in [5, 5.41) is 2.70. The van der Waals surface area contributed by atoms with Crippen LogP contribution >= 0.6 is 0 Å². The van der Waals surface area contributed by atoms with Gasteiger partial charge in [-0.2, -0.15) is 0 Å². The van der Waals surface area contributed by atoms with E-state index in [0.717, 1.165) is 24.6 Å². The number of nitrogens with zero attached hydrogens (tertiary/aromatic N) is 3. The van der Waals surface area contributed by atoms with Crippen molar-refractivity contribution in [3.05, 3.63) is 54.2 Å².